The quantitative estimate of drug-likeness (QED) is 0.854. The molecular formula is C14H12FN3S. The number of anilines is 2. The molecule has 0 bridgehead atoms. The Morgan fingerprint density at radius 1 is 1.32 bits per heavy atom. The summed E-state index contributed by atoms with van der Waals surface area (Å²) in [6, 6.07) is 8.46. The molecule has 0 aliphatic carbocycles. The zero-order valence-electron chi connectivity index (χ0n) is 10.1. The zero-order chi connectivity index (χ0) is 13.4. The van der Waals surface area contributed by atoms with Crippen LogP contribution in [0.2, 0.25) is 0 Å². The van der Waals surface area contributed by atoms with Gasteiger partial charge in [0.15, 0.2) is 0 Å². The Balaban J connectivity index is 2.04. The second-order valence-electron chi connectivity index (χ2n) is 4.44. The monoisotopic (exact) mass is 273 g/mol. The first-order valence-electron chi connectivity index (χ1n) is 5.97. The first-order chi connectivity index (χ1) is 9.15. The molecule has 0 spiro atoms. The fourth-order valence-corrected chi connectivity index (χ4v) is 2.44. The van der Waals surface area contributed by atoms with Crippen LogP contribution >= 0.6 is 12.2 Å². The minimum absolute atomic E-state index is 0.240. The third-order valence-corrected chi connectivity index (χ3v) is 3.49. The van der Waals surface area contributed by atoms with E-state index in [0.717, 1.165) is 35.6 Å². The Bertz CT molecular complexity index is 657. The standard InChI is InChI=1S/C14H12FN3S/c15-11-2-1-9-4-6-18(12(9)8-11)13-7-10(14(16)19)3-5-17-13/h1-3,5,7-8H,4,6H2,(H2,16,19). The summed E-state index contributed by atoms with van der Waals surface area (Å²) in [5, 5.41) is 0. The van der Waals surface area contributed by atoms with Crippen molar-refractivity contribution >= 4 is 28.7 Å². The van der Waals surface area contributed by atoms with E-state index in [0.29, 0.717) is 4.99 Å². The largest absolute Gasteiger partial charge is 0.389 e. The maximum absolute atomic E-state index is 13.4. The van der Waals surface area contributed by atoms with Crippen molar-refractivity contribution in [1.82, 2.24) is 4.98 Å². The maximum Gasteiger partial charge on any atom is 0.133 e. The molecule has 1 aliphatic heterocycles. The van der Waals surface area contributed by atoms with Crippen LogP contribution in [0, 0.1) is 5.82 Å². The molecule has 96 valence electrons. The van der Waals surface area contributed by atoms with Gasteiger partial charge in [-0.15, -0.1) is 0 Å². The zero-order valence-corrected chi connectivity index (χ0v) is 11.0. The van der Waals surface area contributed by atoms with E-state index in [1.807, 2.05) is 17.0 Å². The summed E-state index contributed by atoms with van der Waals surface area (Å²) >= 11 is 4.97. The highest BCUT2D eigenvalue weighted by Gasteiger charge is 2.22. The van der Waals surface area contributed by atoms with Gasteiger partial charge in [-0.25, -0.2) is 9.37 Å². The van der Waals surface area contributed by atoms with Gasteiger partial charge in [-0.05, 0) is 36.2 Å². The number of fused-ring (bicyclic) bond motifs is 1. The van der Waals surface area contributed by atoms with Gasteiger partial charge in [0.05, 0.1) is 0 Å². The van der Waals surface area contributed by atoms with Gasteiger partial charge < -0.3 is 10.6 Å². The van der Waals surface area contributed by atoms with Crippen molar-refractivity contribution in [3.8, 4) is 0 Å². The van der Waals surface area contributed by atoms with Crippen LogP contribution in [-0.2, 0) is 6.42 Å². The number of pyridine rings is 1. The maximum atomic E-state index is 13.4. The number of thiocarbonyl (C=S) groups is 1. The molecular weight excluding hydrogens is 261 g/mol. The van der Waals surface area contributed by atoms with Gasteiger partial charge in [0.25, 0.3) is 0 Å². The lowest BCUT2D eigenvalue weighted by Gasteiger charge is -2.18. The van der Waals surface area contributed by atoms with Crippen molar-refractivity contribution in [2.45, 2.75) is 6.42 Å². The fraction of sp³-hybridized carbons (Fsp3) is 0.143. The van der Waals surface area contributed by atoms with E-state index in [1.54, 1.807) is 12.3 Å². The van der Waals surface area contributed by atoms with E-state index in [4.69, 9.17) is 18.0 Å². The van der Waals surface area contributed by atoms with Crippen LogP contribution in [0.25, 0.3) is 0 Å². The molecule has 0 unspecified atom stereocenters. The summed E-state index contributed by atoms with van der Waals surface area (Å²) < 4.78 is 13.4. The Labute approximate surface area is 115 Å². The average Bonchev–Trinajstić information content (AvgIpc) is 2.81. The lowest BCUT2D eigenvalue weighted by molar-refractivity contribution is 0.628. The second-order valence-corrected chi connectivity index (χ2v) is 4.88. The first-order valence-corrected chi connectivity index (χ1v) is 6.38. The molecule has 0 saturated heterocycles. The molecule has 3 nitrogen and oxygen atoms in total. The van der Waals surface area contributed by atoms with Crippen molar-refractivity contribution in [2.24, 2.45) is 5.73 Å². The van der Waals surface area contributed by atoms with E-state index in [9.17, 15) is 4.39 Å². The number of halogens is 1. The lowest BCUT2D eigenvalue weighted by Crippen LogP contribution is -2.16. The second kappa shape index (κ2) is 4.59. The van der Waals surface area contributed by atoms with Crippen LogP contribution in [0.1, 0.15) is 11.1 Å². The van der Waals surface area contributed by atoms with Crippen LogP contribution in [0.5, 0.6) is 0 Å². The summed E-state index contributed by atoms with van der Waals surface area (Å²) in [4.78, 5) is 6.64. The molecule has 2 N–H and O–H groups in total. The topological polar surface area (TPSA) is 42.1 Å². The number of nitrogens with zero attached hydrogens (tertiary/aromatic N) is 2. The van der Waals surface area contributed by atoms with Gasteiger partial charge in [-0.2, -0.15) is 0 Å². The number of nitrogens with two attached hydrogens (primary N) is 1. The van der Waals surface area contributed by atoms with E-state index in [2.05, 4.69) is 4.98 Å². The van der Waals surface area contributed by atoms with Crippen LogP contribution in [0.15, 0.2) is 36.5 Å². The van der Waals surface area contributed by atoms with Gasteiger partial charge in [0.2, 0.25) is 0 Å². The number of benzene rings is 1. The van der Waals surface area contributed by atoms with Crippen LogP contribution in [0.4, 0.5) is 15.9 Å². The van der Waals surface area contributed by atoms with Crippen LogP contribution < -0.4 is 10.6 Å². The van der Waals surface area contributed by atoms with Crippen molar-refractivity contribution in [2.75, 3.05) is 11.4 Å². The molecule has 0 atom stereocenters. The number of hydrogen-bond donors (Lipinski definition) is 1. The highest BCUT2D eigenvalue weighted by molar-refractivity contribution is 7.80. The van der Waals surface area contributed by atoms with Gasteiger partial charge in [-0.3, -0.25) is 0 Å². The Hall–Kier alpha value is -2.01. The fourth-order valence-electron chi connectivity index (χ4n) is 2.31. The summed E-state index contributed by atoms with van der Waals surface area (Å²) in [6.07, 6.45) is 2.55. The summed E-state index contributed by atoms with van der Waals surface area (Å²) in [6.45, 7) is 0.784. The molecule has 1 aromatic heterocycles. The van der Waals surface area contributed by atoms with Gasteiger partial charge in [0.1, 0.15) is 16.6 Å². The van der Waals surface area contributed by atoms with Crippen molar-refractivity contribution in [1.29, 1.82) is 0 Å². The molecule has 0 amide bonds. The third kappa shape index (κ3) is 2.17. The Kier molecular flexibility index (Phi) is 2.91. The summed E-state index contributed by atoms with van der Waals surface area (Å²) in [5.74, 6) is 0.505. The molecule has 2 heterocycles. The molecule has 0 radical (unpaired) electrons. The SMILES string of the molecule is NC(=S)c1ccnc(N2CCc3ccc(F)cc32)c1. The van der Waals surface area contributed by atoms with Crippen molar-refractivity contribution < 1.29 is 4.39 Å². The van der Waals surface area contributed by atoms with Gasteiger partial charge in [0, 0.05) is 24.0 Å². The minimum atomic E-state index is -0.240. The van der Waals surface area contributed by atoms with Crippen LogP contribution in [0.3, 0.4) is 0 Å². The lowest BCUT2D eigenvalue weighted by atomic mass is 10.1. The van der Waals surface area contributed by atoms with Crippen LogP contribution in [-0.4, -0.2) is 16.5 Å². The van der Waals surface area contributed by atoms with E-state index < -0.39 is 0 Å². The predicted octanol–water partition coefficient (Wildman–Crippen LogP) is 2.55. The van der Waals surface area contributed by atoms with Gasteiger partial charge in [-0.1, -0.05) is 18.3 Å². The number of aromatic nitrogens is 1. The molecule has 3 rings (SSSR count). The highest BCUT2D eigenvalue weighted by atomic mass is 32.1. The molecule has 2 aromatic rings. The normalized spacial score (nSPS) is 13.4. The molecule has 19 heavy (non-hydrogen) atoms. The Morgan fingerprint density at radius 2 is 2.16 bits per heavy atom. The average molecular weight is 273 g/mol. The highest BCUT2D eigenvalue weighted by Crippen LogP contribution is 2.34. The number of hydrogen-bond acceptors (Lipinski definition) is 3. The molecule has 0 saturated carbocycles. The Morgan fingerprint density at radius 3 is 2.95 bits per heavy atom. The first kappa shape index (κ1) is 12.0. The van der Waals surface area contributed by atoms with Gasteiger partial charge >= 0.3 is 0 Å². The number of rotatable bonds is 2. The van der Waals surface area contributed by atoms with E-state index in [-0.39, 0.29) is 5.82 Å². The smallest absolute Gasteiger partial charge is 0.133 e. The van der Waals surface area contributed by atoms with E-state index >= 15 is 0 Å². The van der Waals surface area contributed by atoms with E-state index in [1.165, 1.54) is 12.1 Å². The predicted molar refractivity (Wildman–Crippen MR) is 77.2 cm³/mol. The third-order valence-electron chi connectivity index (χ3n) is 3.25. The molecule has 1 aliphatic rings. The molecule has 1 aromatic carbocycles. The molecule has 5 heteroatoms. The van der Waals surface area contributed by atoms with Crippen molar-refractivity contribution in [3.63, 3.8) is 0 Å². The molecule has 0 fully saturated rings. The summed E-state index contributed by atoms with van der Waals surface area (Å²) in [5.41, 5.74) is 8.39. The van der Waals surface area contributed by atoms with Crippen molar-refractivity contribution in [3.05, 3.63) is 53.5 Å². The summed E-state index contributed by atoms with van der Waals surface area (Å²) in [7, 11) is 0. The minimum Gasteiger partial charge on any atom is -0.389 e.